The number of hydrogen-bond acceptors (Lipinski definition) is 3. The molecule has 6 heteroatoms. The van der Waals surface area contributed by atoms with E-state index in [4.69, 9.17) is 0 Å². The highest BCUT2D eigenvalue weighted by atomic mass is 16.2. The third-order valence-electron chi connectivity index (χ3n) is 5.50. The van der Waals surface area contributed by atoms with Gasteiger partial charge in [0, 0.05) is 39.2 Å². The maximum atomic E-state index is 12.9. The van der Waals surface area contributed by atoms with Crippen LogP contribution in [0.1, 0.15) is 40.9 Å². The zero-order chi connectivity index (χ0) is 21.0. The van der Waals surface area contributed by atoms with Crippen molar-refractivity contribution in [1.29, 1.82) is 0 Å². The summed E-state index contributed by atoms with van der Waals surface area (Å²) in [6.07, 6.45) is 0.246. The van der Waals surface area contributed by atoms with E-state index in [1.165, 1.54) is 0 Å². The molecule has 2 aromatic carbocycles. The van der Waals surface area contributed by atoms with Gasteiger partial charge in [0.25, 0.3) is 5.91 Å². The summed E-state index contributed by atoms with van der Waals surface area (Å²) < 4.78 is 0. The van der Waals surface area contributed by atoms with Crippen molar-refractivity contribution in [3.63, 3.8) is 0 Å². The van der Waals surface area contributed by atoms with E-state index in [2.05, 4.69) is 5.32 Å². The van der Waals surface area contributed by atoms with Crippen molar-refractivity contribution in [1.82, 2.24) is 15.1 Å². The van der Waals surface area contributed by atoms with Crippen molar-refractivity contribution in [3.8, 4) is 0 Å². The van der Waals surface area contributed by atoms with E-state index >= 15 is 0 Å². The van der Waals surface area contributed by atoms with Crippen LogP contribution in [0.2, 0.25) is 0 Å². The van der Waals surface area contributed by atoms with E-state index in [0.29, 0.717) is 18.7 Å². The van der Waals surface area contributed by atoms with Gasteiger partial charge >= 0.3 is 0 Å². The first kappa shape index (κ1) is 20.6. The summed E-state index contributed by atoms with van der Waals surface area (Å²) in [6, 6.07) is 17.0. The monoisotopic (exact) mass is 393 g/mol. The van der Waals surface area contributed by atoms with Gasteiger partial charge in [-0.25, -0.2) is 0 Å². The molecule has 1 heterocycles. The van der Waals surface area contributed by atoms with Crippen LogP contribution in [0.25, 0.3) is 0 Å². The van der Waals surface area contributed by atoms with Crippen LogP contribution in [0.3, 0.4) is 0 Å². The molecule has 1 aliphatic heterocycles. The summed E-state index contributed by atoms with van der Waals surface area (Å²) in [5, 5.41) is 2.59. The van der Waals surface area contributed by atoms with Crippen molar-refractivity contribution in [2.45, 2.75) is 25.9 Å². The summed E-state index contributed by atoms with van der Waals surface area (Å²) in [4.78, 5) is 40.5. The van der Waals surface area contributed by atoms with Gasteiger partial charge in [0.2, 0.25) is 11.8 Å². The quantitative estimate of drug-likeness (QED) is 0.820. The van der Waals surface area contributed by atoms with E-state index in [1.807, 2.05) is 49.4 Å². The van der Waals surface area contributed by atoms with Gasteiger partial charge in [-0.3, -0.25) is 14.4 Å². The lowest BCUT2D eigenvalue weighted by molar-refractivity contribution is -0.135. The van der Waals surface area contributed by atoms with Crippen molar-refractivity contribution in [2.75, 3.05) is 20.6 Å². The first-order chi connectivity index (χ1) is 13.9. The molecule has 1 N–H and O–H groups in total. The van der Waals surface area contributed by atoms with Crippen LogP contribution in [0.4, 0.5) is 0 Å². The molecule has 1 aliphatic rings. The maximum absolute atomic E-state index is 12.9. The predicted octanol–water partition coefficient (Wildman–Crippen LogP) is 2.61. The molecule has 1 saturated heterocycles. The third-order valence-corrected chi connectivity index (χ3v) is 5.50. The van der Waals surface area contributed by atoms with E-state index in [1.54, 1.807) is 36.0 Å². The lowest BCUT2D eigenvalue weighted by atomic mass is 10.1. The molecule has 2 aromatic rings. The van der Waals surface area contributed by atoms with Crippen LogP contribution < -0.4 is 5.32 Å². The van der Waals surface area contributed by atoms with Crippen molar-refractivity contribution >= 4 is 17.7 Å². The first-order valence-corrected chi connectivity index (χ1v) is 9.81. The Hall–Kier alpha value is -3.15. The van der Waals surface area contributed by atoms with Gasteiger partial charge in [-0.05, 0) is 30.2 Å². The summed E-state index contributed by atoms with van der Waals surface area (Å²) in [5.41, 5.74) is 2.59. The van der Waals surface area contributed by atoms with Crippen LogP contribution in [-0.4, -0.2) is 48.2 Å². The molecular weight excluding hydrogens is 366 g/mol. The average molecular weight is 393 g/mol. The fourth-order valence-electron chi connectivity index (χ4n) is 3.75. The molecule has 0 unspecified atom stereocenters. The number of hydrogen-bond donors (Lipinski definition) is 1. The Morgan fingerprint density at radius 3 is 2.41 bits per heavy atom. The SMILES string of the molecule is CNC(=O)c1ccc(CN(C)C(=O)[C@@H]2CC(=O)N([C@H](C)c3ccccc3)C2)cc1. The molecule has 0 aliphatic carbocycles. The molecule has 0 aromatic heterocycles. The summed E-state index contributed by atoms with van der Waals surface area (Å²) in [6.45, 7) is 2.87. The lowest BCUT2D eigenvalue weighted by Gasteiger charge is -2.26. The van der Waals surface area contributed by atoms with Crippen LogP contribution in [0.15, 0.2) is 54.6 Å². The Balaban J connectivity index is 1.61. The van der Waals surface area contributed by atoms with Gasteiger partial charge in [-0.1, -0.05) is 42.5 Å². The molecule has 3 amide bonds. The second-order valence-electron chi connectivity index (χ2n) is 7.50. The van der Waals surface area contributed by atoms with E-state index in [0.717, 1.165) is 11.1 Å². The van der Waals surface area contributed by atoms with Crippen molar-refractivity contribution in [3.05, 3.63) is 71.3 Å². The standard InChI is InChI=1S/C23H27N3O3/c1-16(18-7-5-4-6-8-18)26-15-20(13-21(26)27)23(29)25(3)14-17-9-11-19(12-10-17)22(28)24-2/h4-12,16,20H,13-15H2,1-3H3,(H,24,28)/t16-,20-/m1/s1. The van der Waals surface area contributed by atoms with Crippen LogP contribution in [-0.2, 0) is 16.1 Å². The van der Waals surface area contributed by atoms with Gasteiger partial charge in [0.05, 0.1) is 12.0 Å². The Kier molecular flexibility index (Phi) is 6.32. The number of carbonyl (C=O) groups is 3. The number of rotatable bonds is 6. The molecule has 2 atom stereocenters. The highest BCUT2D eigenvalue weighted by Crippen LogP contribution is 2.29. The highest BCUT2D eigenvalue weighted by molar-refractivity contribution is 5.94. The van der Waals surface area contributed by atoms with E-state index < -0.39 is 0 Å². The number of amides is 3. The molecule has 0 saturated carbocycles. The van der Waals surface area contributed by atoms with Gasteiger partial charge in [-0.15, -0.1) is 0 Å². The fourth-order valence-corrected chi connectivity index (χ4v) is 3.75. The summed E-state index contributed by atoms with van der Waals surface area (Å²) >= 11 is 0. The predicted molar refractivity (Wildman–Crippen MR) is 111 cm³/mol. The van der Waals surface area contributed by atoms with Crippen LogP contribution in [0, 0.1) is 5.92 Å². The smallest absolute Gasteiger partial charge is 0.251 e. The third kappa shape index (κ3) is 4.65. The molecule has 152 valence electrons. The minimum absolute atomic E-state index is 0.0167. The molecule has 3 rings (SSSR count). The minimum Gasteiger partial charge on any atom is -0.355 e. The lowest BCUT2D eigenvalue weighted by Crippen LogP contribution is -2.35. The Labute approximate surface area is 171 Å². The Bertz CT molecular complexity index is 880. The normalized spacial score (nSPS) is 17.1. The van der Waals surface area contributed by atoms with Crippen molar-refractivity contribution in [2.24, 2.45) is 5.92 Å². The average Bonchev–Trinajstić information content (AvgIpc) is 3.14. The number of nitrogens with zero attached hydrogens (tertiary/aromatic N) is 2. The largest absolute Gasteiger partial charge is 0.355 e. The van der Waals surface area contributed by atoms with Crippen LogP contribution in [0.5, 0.6) is 0 Å². The van der Waals surface area contributed by atoms with Crippen molar-refractivity contribution < 1.29 is 14.4 Å². The summed E-state index contributed by atoms with van der Waals surface area (Å²) in [5.74, 6) is -0.485. The Morgan fingerprint density at radius 1 is 1.14 bits per heavy atom. The van der Waals surface area contributed by atoms with E-state index in [-0.39, 0.29) is 36.1 Å². The van der Waals surface area contributed by atoms with Gasteiger partial charge < -0.3 is 15.1 Å². The molecule has 0 radical (unpaired) electrons. The van der Waals surface area contributed by atoms with Gasteiger partial charge in [-0.2, -0.15) is 0 Å². The maximum Gasteiger partial charge on any atom is 0.251 e. The minimum atomic E-state index is -0.330. The fraction of sp³-hybridized carbons (Fsp3) is 0.348. The second-order valence-corrected chi connectivity index (χ2v) is 7.50. The molecule has 0 bridgehead atoms. The van der Waals surface area contributed by atoms with Gasteiger partial charge in [0.1, 0.15) is 0 Å². The van der Waals surface area contributed by atoms with E-state index in [9.17, 15) is 14.4 Å². The first-order valence-electron chi connectivity index (χ1n) is 9.81. The molecule has 6 nitrogen and oxygen atoms in total. The Morgan fingerprint density at radius 2 is 1.79 bits per heavy atom. The molecule has 0 spiro atoms. The van der Waals surface area contributed by atoms with Crippen LogP contribution >= 0.6 is 0 Å². The molecule has 29 heavy (non-hydrogen) atoms. The summed E-state index contributed by atoms with van der Waals surface area (Å²) in [7, 11) is 3.34. The molecular formula is C23H27N3O3. The van der Waals surface area contributed by atoms with Gasteiger partial charge in [0.15, 0.2) is 0 Å². The highest BCUT2D eigenvalue weighted by Gasteiger charge is 2.38. The zero-order valence-electron chi connectivity index (χ0n) is 17.1. The zero-order valence-corrected chi connectivity index (χ0v) is 17.1. The second kappa shape index (κ2) is 8.90. The topological polar surface area (TPSA) is 69.7 Å². The molecule has 1 fully saturated rings. The number of nitrogens with one attached hydrogen (secondary N) is 1. The number of likely N-dealkylation sites (tertiary alicyclic amines) is 1. The number of carbonyl (C=O) groups excluding carboxylic acids is 3. The number of benzene rings is 2.